The maximum Gasteiger partial charge on any atom is 0.236 e. The average molecular weight is 359 g/mol. The molecule has 1 aromatic carbocycles. The van der Waals surface area contributed by atoms with E-state index in [9.17, 15) is 4.79 Å². The quantitative estimate of drug-likeness (QED) is 0.768. The van der Waals surface area contributed by atoms with Crippen LogP contribution in [0.1, 0.15) is 32.3 Å². The molecular formula is C19H25N3O2S. The highest BCUT2D eigenvalue weighted by atomic mass is 32.2. The molecule has 0 bridgehead atoms. The van der Waals surface area contributed by atoms with Crippen LogP contribution >= 0.6 is 11.8 Å². The van der Waals surface area contributed by atoms with E-state index < -0.39 is 0 Å². The van der Waals surface area contributed by atoms with Crippen molar-refractivity contribution in [1.82, 2.24) is 14.5 Å². The highest BCUT2D eigenvalue weighted by Gasteiger charge is 2.25. The van der Waals surface area contributed by atoms with Crippen LogP contribution in [-0.4, -0.2) is 51.9 Å². The molecule has 1 unspecified atom stereocenters. The van der Waals surface area contributed by atoms with Crippen molar-refractivity contribution in [2.75, 3.05) is 26.3 Å². The van der Waals surface area contributed by atoms with Crippen molar-refractivity contribution in [1.29, 1.82) is 0 Å². The fourth-order valence-corrected chi connectivity index (χ4v) is 3.97. The van der Waals surface area contributed by atoms with Crippen LogP contribution in [0.4, 0.5) is 0 Å². The number of thioether (sulfide) groups is 1. The van der Waals surface area contributed by atoms with E-state index in [4.69, 9.17) is 4.74 Å². The molecule has 6 heteroatoms. The lowest BCUT2D eigenvalue weighted by Crippen LogP contribution is -2.44. The first-order valence-electron chi connectivity index (χ1n) is 8.73. The second-order valence-electron chi connectivity index (χ2n) is 6.49. The number of carbonyl (C=O) groups is 1. The standard InChI is InChI=1S/C19H25N3O2S/c1-14(2)16-6-4-5-7-17(16)22-9-8-20-19(22)25-15(3)18(23)21-10-12-24-13-11-21/h4-9,14-15H,10-13H2,1-3H3. The molecule has 1 amide bonds. The number of para-hydroxylation sites is 1. The average Bonchev–Trinajstić information content (AvgIpc) is 3.09. The molecule has 2 aromatic rings. The van der Waals surface area contributed by atoms with Crippen LogP contribution in [0, 0.1) is 0 Å². The summed E-state index contributed by atoms with van der Waals surface area (Å²) in [6.45, 7) is 8.93. The van der Waals surface area contributed by atoms with Gasteiger partial charge in [-0.05, 0) is 24.5 Å². The van der Waals surface area contributed by atoms with Crippen LogP contribution in [0.25, 0.3) is 5.69 Å². The zero-order valence-corrected chi connectivity index (χ0v) is 15.8. The van der Waals surface area contributed by atoms with Gasteiger partial charge in [-0.1, -0.05) is 43.8 Å². The van der Waals surface area contributed by atoms with Gasteiger partial charge in [0.25, 0.3) is 0 Å². The number of ether oxygens (including phenoxy) is 1. The van der Waals surface area contributed by atoms with Crippen molar-refractivity contribution in [2.45, 2.75) is 37.1 Å². The van der Waals surface area contributed by atoms with Crippen LogP contribution in [0.3, 0.4) is 0 Å². The molecule has 3 rings (SSSR count). The zero-order valence-electron chi connectivity index (χ0n) is 15.0. The second-order valence-corrected chi connectivity index (χ2v) is 7.80. The molecule has 1 aliphatic heterocycles. The summed E-state index contributed by atoms with van der Waals surface area (Å²) in [5.74, 6) is 0.573. The van der Waals surface area contributed by atoms with Gasteiger partial charge in [0, 0.05) is 25.5 Å². The molecule has 134 valence electrons. The Morgan fingerprint density at radius 2 is 1.92 bits per heavy atom. The maximum absolute atomic E-state index is 12.7. The molecule has 0 saturated carbocycles. The summed E-state index contributed by atoms with van der Waals surface area (Å²) in [4.78, 5) is 19.0. The number of imidazole rings is 1. The summed E-state index contributed by atoms with van der Waals surface area (Å²) in [5, 5.41) is 0.674. The SMILES string of the molecule is CC(Sc1nccn1-c1ccccc1C(C)C)C(=O)N1CCOCC1. The van der Waals surface area contributed by atoms with E-state index in [-0.39, 0.29) is 11.2 Å². The van der Waals surface area contributed by atoms with Gasteiger partial charge in [-0.2, -0.15) is 0 Å². The first-order valence-corrected chi connectivity index (χ1v) is 9.61. The Labute approximate surface area is 153 Å². The van der Waals surface area contributed by atoms with Gasteiger partial charge in [0.05, 0.1) is 24.2 Å². The molecule has 1 fully saturated rings. The number of aromatic nitrogens is 2. The molecule has 1 atom stereocenters. The minimum Gasteiger partial charge on any atom is -0.378 e. The summed E-state index contributed by atoms with van der Waals surface area (Å²) in [6.07, 6.45) is 3.76. The van der Waals surface area contributed by atoms with Crippen molar-refractivity contribution in [3.8, 4) is 5.69 Å². The topological polar surface area (TPSA) is 47.4 Å². The lowest BCUT2D eigenvalue weighted by molar-refractivity contribution is -0.134. The largest absolute Gasteiger partial charge is 0.378 e. The third-order valence-electron chi connectivity index (χ3n) is 4.38. The number of morpholine rings is 1. The van der Waals surface area contributed by atoms with Gasteiger partial charge in [-0.25, -0.2) is 4.98 Å². The highest BCUT2D eigenvalue weighted by molar-refractivity contribution is 8.00. The van der Waals surface area contributed by atoms with Crippen LogP contribution in [0.5, 0.6) is 0 Å². The molecule has 1 saturated heterocycles. The molecular weight excluding hydrogens is 334 g/mol. The Kier molecular flexibility index (Phi) is 5.81. The van der Waals surface area contributed by atoms with Crippen molar-refractivity contribution in [3.63, 3.8) is 0 Å². The summed E-state index contributed by atoms with van der Waals surface area (Å²) in [6, 6.07) is 8.36. The molecule has 0 spiro atoms. The molecule has 0 N–H and O–H groups in total. The van der Waals surface area contributed by atoms with Gasteiger partial charge in [0.2, 0.25) is 5.91 Å². The number of hydrogen-bond donors (Lipinski definition) is 0. The van der Waals surface area contributed by atoms with Crippen molar-refractivity contribution in [2.24, 2.45) is 0 Å². The molecule has 2 heterocycles. The monoisotopic (exact) mass is 359 g/mol. The third kappa shape index (κ3) is 4.07. The molecule has 25 heavy (non-hydrogen) atoms. The molecule has 5 nitrogen and oxygen atoms in total. The normalized spacial score (nSPS) is 16.2. The van der Waals surface area contributed by atoms with E-state index in [1.165, 1.54) is 17.3 Å². The fraction of sp³-hybridized carbons (Fsp3) is 0.474. The Morgan fingerprint density at radius 3 is 2.64 bits per heavy atom. The Hall–Kier alpha value is -1.79. The zero-order chi connectivity index (χ0) is 17.8. The van der Waals surface area contributed by atoms with Crippen LogP contribution < -0.4 is 0 Å². The fourth-order valence-electron chi connectivity index (χ4n) is 3.00. The van der Waals surface area contributed by atoms with E-state index in [2.05, 4.69) is 41.6 Å². The molecule has 0 aliphatic carbocycles. The minimum atomic E-state index is -0.175. The van der Waals surface area contributed by atoms with Crippen LogP contribution in [0.2, 0.25) is 0 Å². The first kappa shape index (κ1) is 18.0. The van der Waals surface area contributed by atoms with Crippen LogP contribution in [-0.2, 0) is 9.53 Å². The number of rotatable bonds is 5. The number of carbonyl (C=O) groups excluding carboxylic acids is 1. The van der Waals surface area contributed by atoms with Crippen molar-refractivity contribution < 1.29 is 9.53 Å². The van der Waals surface area contributed by atoms with Gasteiger partial charge >= 0.3 is 0 Å². The van der Waals surface area contributed by atoms with Crippen molar-refractivity contribution in [3.05, 3.63) is 42.2 Å². The highest BCUT2D eigenvalue weighted by Crippen LogP contribution is 2.29. The lowest BCUT2D eigenvalue weighted by Gasteiger charge is -2.29. The number of nitrogens with zero attached hydrogens (tertiary/aromatic N) is 3. The van der Waals surface area contributed by atoms with Crippen LogP contribution in [0.15, 0.2) is 41.8 Å². The smallest absolute Gasteiger partial charge is 0.236 e. The van der Waals surface area contributed by atoms with Gasteiger partial charge in [0.1, 0.15) is 0 Å². The summed E-state index contributed by atoms with van der Waals surface area (Å²) >= 11 is 1.51. The number of benzene rings is 1. The Bertz CT molecular complexity index is 723. The summed E-state index contributed by atoms with van der Waals surface area (Å²) in [5.41, 5.74) is 2.40. The Balaban J connectivity index is 1.79. The summed E-state index contributed by atoms with van der Waals surface area (Å²) < 4.78 is 7.42. The third-order valence-corrected chi connectivity index (χ3v) is 5.45. The molecule has 1 aliphatic rings. The second kappa shape index (κ2) is 8.06. The van der Waals surface area contributed by atoms with Gasteiger partial charge < -0.3 is 9.64 Å². The van der Waals surface area contributed by atoms with E-state index in [1.54, 1.807) is 6.20 Å². The van der Waals surface area contributed by atoms with Gasteiger partial charge in [0.15, 0.2) is 5.16 Å². The van der Waals surface area contributed by atoms with E-state index in [0.29, 0.717) is 32.2 Å². The predicted octanol–water partition coefficient (Wildman–Crippen LogP) is 3.34. The predicted molar refractivity (Wildman–Crippen MR) is 100 cm³/mol. The van der Waals surface area contributed by atoms with E-state index in [0.717, 1.165) is 10.8 Å². The van der Waals surface area contributed by atoms with E-state index in [1.807, 2.05) is 24.1 Å². The first-order chi connectivity index (χ1) is 12.1. The van der Waals surface area contributed by atoms with Gasteiger partial charge in [-0.3, -0.25) is 9.36 Å². The number of hydrogen-bond acceptors (Lipinski definition) is 4. The maximum atomic E-state index is 12.7. The minimum absolute atomic E-state index is 0.153. The molecule has 0 radical (unpaired) electrons. The lowest BCUT2D eigenvalue weighted by atomic mass is 10.0. The summed E-state index contributed by atoms with van der Waals surface area (Å²) in [7, 11) is 0. The van der Waals surface area contributed by atoms with Gasteiger partial charge in [-0.15, -0.1) is 0 Å². The molecule has 1 aromatic heterocycles. The van der Waals surface area contributed by atoms with Crippen molar-refractivity contribution >= 4 is 17.7 Å². The number of amides is 1. The van der Waals surface area contributed by atoms with E-state index >= 15 is 0 Å². The Morgan fingerprint density at radius 1 is 1.20 bits per heavy atom.